The summed E-state index contributed by atoms with van der Waals surface area (Å²) in [5, 5.41) is 0. The molecule has 7 aliphatic rings. The average Bonchev–Trinajstić information content (AvgIpc) is 3.75. The first-order valence-electron chi connectivity index (χ1n) is 15.4. The van der Waals surface area contributed by atoms with Gasteiger partial charge in [0.2, 0.25) is 0 Å². The molecule has 1 aliphatic heterocycles. The van der Waals surface area contributed by atoms with Gasteiger partial charge in [-0.15, -0.1) is 0 Å². The van der Waals surface area contributed by atoms with Gasteiger partial charge in [-0.05, 0) is 77.0 Å². The molecule has 6 saturated carbocycles. The van der Waals surface area contributed by atoms with Crippen LogP contribution < -0.4 is 0 Å². The van der Waals surface area contributed by atoms with Gasteiger partial charge in [0.15, 0.2) is 0 Å². The summed E-state index contributed by atoms with van der Waals surface area (Å²) in [6, 6.07) is 0. The van der Waals surface area contributed by atoms with E-state index < -0.39 is 25.7 Å². The Hall–Kier alpha value is 0.531. The molecule has 6 heteroatoms. The van der Waals surface area contributed by atoms with Crippen LogP contribution in [-0.4, -0.2) is 25.7 Å². The first-order chi connectivity index (χ1) is 16.3. The Labute approximate surface area is 205 Å². The Kier molecular flexibility index (Phi) is 6.07. The maximum Gasteiger partial charge on any atom is 0.327 e. The van der Waals surface area contributed by atoms with Crippen LogP contribution in [0.15, 0.2) is 0 Å². The van der Waals surface area contributed by atoms with Crippen molar-refractivity contribution in [3.05, 3.63) is 0 Å². The summed E-state index contributed by atoms with van der Waals surface area (Å²) < 4.78 is 23.9. The molecule has 6 aliphatic carbocycles. The summed E-state index contributed by atoms with van der Waals surface area (Å²) in [5.41, 5.74) is 4.87. The zero-order valence-corrected chi connectivity index (χ0v) is 24.0. The fourth-order valence-electron chi connectivity index (χ4n) is 8.78. The highest BCUT2D eigenvalue weighted by molar-refractivity contribution is 6.98. The van der Waals surface area contributed by atoms with Crippen molar-refractivity contribution in [2.75, 3.05) is 0 Å². The highest BCUT2D eigenvalue weighted by Crippen LogP contribution is 2.69. The van der Waals surface area contributed by atoms with Crippen molar-refractivity contribution < 1.29 is 12.3 Å². The van der Waals surface area contributed by atoms with Gasteiger partial charge in [0.1, 0.15) is 0 Å². The van der Waals surface area contributed by atoms with Crippen molar-refractivity contribution in [3.8, 4) is 0 Å². The highest BCUT2D eigenvalue weighted by atomic mass is 28.5. The van der Waals surface area contributed by atoms with E-state index in [1.807, 2.05) is 0 Å². The summed E-state index contributed by atoms with van der Waals surface area (Å²) >= 11 is 0. The van der Waals surface area contributed by atoms with E-state index in [0.717, 1.165) is 33.2 Å². The topological polar surface area (TPSA) is 27.7 Å². The predicted molar refractivity (Wildman–Crippen MR) is 140 cm³/mol. The molecular weight excluding hydrogens is 457 g/mol. The SMILES string of the molecule is C1CCC([Si]2(C3CC3)O[Si](C3CCCCC3)(C3CC3)O[Si](C3CCCCC3)(C3CC3)O2)CC1. The Bertz CT molecular complexity index is 600. The van der Waals surface area contributed by atoms with Gasteiger partial charge < -0.3 is 12.3 Å². The minimum atomic E-state index is -2.23. The molecule has 7 rings (SSSR count). The zero-order chi connectivity index (χ0) is 21.9. The Balaban J connectivity index is 1.35. The van der Waals surface area contributed by atoms with Gasteiger partial charge in [0.05, 0.1) is 0 Å². The molecule has 0 atom stereocenters. The van der Waals surface area contributed by atoms with Crippen LogP contribution in [-0.2, 0) is 12.3 Å². The minimum Gasteiger partial charge on any atom is -0.415 e. The van der Waals surface area contributed by atoms with Crippen LogP contribution in [0.4, 0.5) is 0 Å². The van der Waals surface area contributed by atoms with Crippen LogP contribution in [0.1, 0.15) is 135 Å². The summed E-state index contributed by atoms with van der Waals surface area (Å²) in [6.07, 6.45) is 30.0. The molecule has 0 spiro atoms. The minimum absolute atomic E-state index is 0.797. The molecular formula is C27H48O3Si3. The fraction of sp³-hybridized carbons (Fsp3) is 1.00. The van der Waals surface area contributed by atoms with Crippen LogP contribution in [0.25, 0.3) is 0 Å². The van der Waals surface area contributed by atoms with E-state index in [9.17, 15) is 0 Å². The van der Waals surface area contributed by atoms with E-state index in [1.54, 1.807) is 0 Å². The van der Waals surface area contributed by atoms with Crippen LogP contribution in [0.5, 0.6) is 0 Å². The molecule has 0 bridgehead atoms. The molecule has 1 saturated heterocycles. The molecule has 0 N–H and O–H groups in total. The van der Waals surface area contributed by atoms with E-state index in [-0.39, 0.29) is 0 Å². The number of rotatable bonds is 6. The van der Waals surface area contributed by atoms with Gasteiger partial charge in [0.25, 0.3) is 0 Å². The lowest BCUT2D eigenvalue weighted by Crippen LogP contribution is -2.75. The number of hydrogen-bond acceptors (Lipinski definition) is 3. The van der Waals surface area contributed by atoms with Crippen LogP contribution in [0.2, 0.25) is 33.2 Å². The van der Waals surface area contributed by atoms with Crippen LogP contribution in [0.3, 0.4) is 0 Å². The van der Waals surface area contributed by atoms with Gasteiger partial charge in [-0.2, -0.15) is 0 Å². The average molecular weight is 505 g/mol. The molecule has 0 aromatic heterocycles. The fourth-order valence-corrected chi connectivity index (χ4v) is 32.9. The highest BCUT2D eigenvalue weighted by Gasteiger charge is 2.76. The normalized spacial score (nSPS) is 44.7. The maximum absolute atomic E-state index is 7.98. The van der Waals surface area contributed by atoms with Crippen molar-refractivity contribution >= 4 is 25.7 Å². The predicted octanol–water partition coefficient (Wildman–Crippen LogP) is 8.87. The molecule has 0 aromatic rings. The zero-order valence-electron chi connectivity index (χ0n) is 21.0. The molecule has 0 radical (unpaired) electrons. The second-order valence-corrected chi connectivity index (χ2v) is 25.0. The second kappa shape index (κ2) is 8.83. The summed E-state index contributed by atoms with van der Waals surface area (Å²) in [5.74, 6) is 0. The van der Waals surface area contributed by atoms with Gasteiger partial charge in [0, 0.05) is 33.2 Å². The molecule has 186 valence electrons. The Morgan fingerprint density at radius 2 is 0.485 bits per heavy atom. The van der Waals surface area contributed by atoms with Gasteiger partial charge in [-0.3, -0.25) is 0 Å². The lowest BCUT2D eigenvalue weighted by atomic mass is 10.0. The summed E-state index contributed by atoms with van der Waals surface area (Å²) in [4.78, 5) is 0. The quantitative estimate of drug-likeness (QED) is 0.338. The second-order valence-electron chi connectivity index (χ2n) is 13.3. The standard InChI is InChI=1S/C27H48O3Si3/c1-4-10-22(11-5-1)31(25-16-17-25)28-32(26-18-19-26,23-12-6-2-7-13-23)30-33(29-31,27-20-21-27)24-14-8-3-9-15-24/h22-27H,1-21H2. The Morgan fingerprint density at radius 1 is 0.273 bits per heavy atom. The van der Waals surface area contributed by atoms with Crippen molar-refractivity contribution in [2.45, 2.75) is 168 Å². The lowest BCUT2D eigenvalue weighted by molar-refractivity contribution is 0.163. The molecule has 3 nitrogen and oxygen atoms in total. The smallest absolute Gasteiger partial charge is 0.327 e. The third-order valence-corrected chi connectivity index (χ3v) is 28.9. The van der Waals surface area contributed by atoms with Gasteiger partial charge in [-0.1, -0.05) is 57.8 Å². The largest absolute Gasteiger partial charge is 0.415 e. The molecule has 1 heterocycles. The lowest BCUT2D eigenvalue weighted by Gasteiger charge is -2.61. The number of hydrogen-bond donors (Lipinski definition) is 0. The van der Waals surface area contributed by atoms with E-state index in [0.29, 0.717) is 0 Å². The van der Waals surface area contributed by atoms with E-state index >= 15 is 0 Å². The third-order valence-electron chi connectivity index (χ3n) is 10.9. The molecule has 0 aromatic carbocycles. The van der Waals surface area contributed by atoms with E-state index in [2.05, 4.69) is 0 Å². The third kappa shape index (κ3) is 3.96. The van der Waals surface area contributed by atoms with Gasteiger partial charge >= 0.3 is 25.7 Å². The van der Waals surface area contributed by atoms with Crippen molar-refractivity contribution in [1.82, 2.24) is 0 Å². The van der Waals surface area contributed by atoms with Crippen LogP contribution >= 0.6 is 0 Å². The Morgan fingerprint density at radius 3 is 0.697 bits per heavy atom. The molecule has 0 amide bonds. The van der Waals surface area contributed by atoms with Crippen molar-refractivity contribution in [1.29, 1.82) is 0 Å². The first-order valence-corrected chi connectivity index (χ1v) is 21.3. The maximum atomic E-state index is 7.98. The summed E-state index contributed by atoms with van der Waals surface area (Å²) in [7, 11) is -6.70. The van der Waals surface area contributed by atoms with E-state index in [1.165, 1.54) is 135 Å². The van der Waals surface area contributed by atoms with Crippen LogP contribution in [0, 0.1) is 0 Å². The molecule has 7 fully saturated rings. The first kappa shape index (κ1) is 22.7. The molecule has 0 unspecified atom stereocenters. The monoisotopic (exact) mass is 504 g/mol. The van der Waals surface area contributed by atoms with E-state index in [4.69, 9.17) is 12.3 Å². The van der Waals surface area contributed by atoms with Crippen molar-refractivity contribution in [2.24, 2.45) is 0 Å². The molecule has 33 heavy (non-hydrogen) atoms. The summed E-state index contributed by atoms with van der Waals surface area (Å²) in [6.45, 7) is 0. The van der Waals surface area contributed by atoms with Crippen molar-refractivity contribution in [3.63, 3.8) is 0 Å². The van der Waals surface area contributed by atoms with Gasteiger partial charge in [-0.25, -0.2) is 0 Å².